The summed E-state index contributed by atoms with van der Waals surface area (Å²) in [7, 11) is 0. The minimum Gasteiger partial charge on any atom is -0.352 e. The molecule has 1 rings (SSSR count). The highest BCUT2D eigenvalue weighted by Crippen LogP contribution is 2.14. The maximum absolute atomic E-state index is 12.5. The van der Waals surface area contributed by atoms with E-state index in [9.17, 15) is 9.59 Å². The number of hydrogen-bond acceptors (Lipinski definition) is 3. The van der Waals surface area contributed by atoms with E-state index in [0.717, 1.165) is 12.1 Å². The highest BCUT2D eigenvalue weighted by molar-refractivity contribution is 5.88. The summed E-state index contributed by atoms with van der Waals surface area (Å²) in [5.74, 6) is -0.0370. The van der Waals surface area contributed by atoms with E-state index in [4.69, 9.17) is 0 Å². The van der Waals surface area contributed by atoms with Crippen molar-refractivity contribution in [1.82, 2.24) is 16.0 Å². The van der Waals surface area contributed by atoms with Crippen molar-refractivity contribution in [3.63, 3.8) is 0 Å². The number of carbonyl (C=O) groups is 2. The third kappa shape index (κ3) is 8.31. The molecule has 0 aliphatic rings. The van der Waals surface area contributed by atoms with Gasteiger partial charge in [0, 0.05) is 19.0 Å². The molecule has 136 valence electrons. The van der Waals surface area contributed by atoms with E-state index >= 15 is 0 Å². The van der Waals surface area contributed by atoms with Gasteiger partial charge in [0.05, 0.1) is 0 Å². The molecule has 1 unspecified atom stereocenters. The summed E-state index contributed by atoms with van der Waals surface area (Å²) in [6, 6.07) is 8.86. The van der Waals surface area contributed by atoms with E-state index in [-0.39, 0.29) is 36.2 Å². The van der Waals surface area contributed by atoms with Crippen LogP contribution in [-0.2, 0) is 9.59 Å². The molecule has 0 aliphatic carbocycles. The zero-order chi connectivity index (χ0) is 17.2. The molecule has 0 heterocycles. The standard InChI is InChI=1S/C18H29N3O2.ClH/c1-5-19-14(4)12-20-18(23)17(15-9-7-6-8-10-15)21-16(22)11-13(2)3;/h6-10,13-14,17,19H,5,11-12H2,1-4H3,(H,20,23)(H,21,22);1H/t14-,17?;/m1./s1. The van der Waals surface area contributed by atoms with Crippen LogP contribution in [0.1, 0.15) is 45.7 Å². The summed E-state index contributed by atoms with van der Waals surface area (Å²) in [6.07, 6.45) is 0.407. The molecule has 3 N–H and O–H groups in total. The molecule has 1 aromatic rings. The lowest BCUT2D eigenvalue weighted by Gasteiger charge is -2.21. The summed E-state index contributed by atoms with van der Waals surface area (Å²) < 4.78 is 0. The van der Waals surface area contributed by atoms with Gasteiger partial charge in [-0.3, -0.25) is 9.59 Å². The smallest absolute Gasteiger partial charge is 0.247 e. The van der Waals surface area contributed by atoms with Gasteiger partial charge >= 0.3 is 0 Å². The minimum atomic E-state index is -0.656. The Bertz CT molecular complexity index is 494. The molecule has 0 aromatic heterocycles. The van der Waals surface area contributed by atoms with Crippen molar-refractivity contribution >= 4 is 24.2 Å². The highest BCUT2D eigenvalue weighted by atomic mass is 35.5. The first-order chi connectivity index (χ1) is 10.9. The molecule has 2 atom stereocenters. The van der Waals surface area contributed by atoms with Crippen LogP contribution in [0.5, 0.6) is 0 Å². The van der Waals surface area contributed by atoms with Gasteiger partial charge in [0.2, 0.25) is 11.8 Å². The first-order valence-electron chi connectivity index (χ1n) is 8.29. The molecular weight excluding hydrogens is 326 g/mol. The fraction of sp³-hybridized carbons (Fsp3) is 0.556. The zero-order valence-electron chi connectivity index (χ0n) is 15.0. The van der Waals surface area contributed by atoms with E-state index in [1.807, 2.05) is 58.0 Å². The van der Waals surface area contributed by atoms with Crippen LogP contribution in [0.3, 0.4) is 0 Å². The molecule has 0 fully saturated rings. The average Bonchev–Trinajstić information content (AvgIpc) is 2.51. The number of rotatable bonds is 9. The van der Waals surface area contributed by atoms with Gasteiger partial charge in [-0.15, -0.1) is 12.4 Å². The maximum atomic E-state index is 12.5. The fourth-order valence-electron chi connectivity index (χ4n) is 2.31. The molecular formula is C18H30ClN3O2. The second-order valence-corrected chi connectivity index (χ2v) is 6.21. The monoisotopic (exact) mass is 355 g/mol. The van der Waals surface area contributed by atoms with E-state index in [1.165, 1.54) is 0 Å². The predicted molar refractivity (Wildman–Crippen MR) is 100 cm³/mol. The Labute approximate surface area is 151 Å². The van der Waals surface area contributed by atoms with Crippen molar-refractivity contribution < 1.29 is 9.59 Å². The SMILES string of the molecule is CCN[C@H](C)CNC(=O)C(NC(=O)CC(C)C)c1ccccc1.Cl. The topological polar surface area (TPSA) is 70.2 Å². The van der Waals surface area contributed by atoms with E-state index < -0.39 is 6.04 Å². The van der Waals surface area contributed by atoms with Gasteiger partial charge in [0.25, 0.3) is 0 Å². The third-order valence-corrected chi connectivity index (χ3v) is 3.43. The first-order valence-corrected chi connectivity index (χ1v) is 8.29. The number of carbonyl (C=O) groups excluding carboxylic acids is 2. The molecule has 0 saturated carbocycles. The molecule has 1 aromatic carbocycles. The third-order valence-electron chi connectivity index (χ3n) is 3.43. The number of hydrogen-bond donors (Lipinski definition) is 3. The van der Waals surface area contributed by atoms with E-state index in [2.05, 4.69) is 16.0 Å². The van der Waals surface area contributed by atoms with Crippen LogP contribution in [-0.4, -0.2) is 30.9 Å². The van der Waals surface area contributed by atoms with E-state index in [1.54, 1.807) is 0 Å². The van der Waals surface area contributed by atoms with Crippen molar-refractivity contribution in [1.29, 1.82) is 0 Å². The maximum Gasteiger partial charge on any atom is 0.247 e. The number of nitrogens with one attached hydrogen (secondary N) is 3. The highest BCUT2D eigenvalue weighted by Gasteiger charge is 2.23. The van der Waals surface area contributed by atoms with Crippen molar-refractivity contribution in [3.8, 4) is 0 Å². The van der Waals surface area contributed by atoms with E-state index in [0.29, 0.717) is 13.0 Å². The largest absolute Gasteiger partial charge is 0.352 e. The van der Waals surface area contributed by atoms with Crippen LogP contribution in [0.2, 0.25) is 0 Å². The number of amides is 2. The molecule has 5 nitrogen and oxygen atoms in total. The Morgan fingerprint density at radius 1 is 1.08 bits per heavy atom. The Morgan fingerprint density at radius 3 is 2.25 bits per heavy atom. The quantitative estimate of drug-likeness (QED) is 0.637. The van der Waals surface area contributed by atoms with Crippen molar-refractivity contribution in [2.75, 3.05) is 13.1 Å². The molecule has 6 heteroatoms. The molecule has 2 amide bonds. The van der Waals surface area contributed by atoms with Gasteiger partial charge in [0.15, 0.2) is 0 Å². The van der Waals surface area contributed by atoms with Crippen LogP contribution < -0.4 is 16.0 Å². The summed E-state index contributed by atoms with van der Waals surface area (Å²) in [5.41, 5.74) is 0.790. The molecule has 0 bridgehead atoms. The Morgan fingerprint density at radius 2 is 1.71 bits per heavy atom. The Kier molecular flexibility index (Phi) is 11.1. The van der Waals surface area contributed by atoms with Gasteiger partial charge < -0.3 is 16.0 Å². The lowest BCUT2D eigenvalue weighted by Crippen LogP contribution is -2.45. The first kappa shape index (κ1) is 22.4. The van der Waals surface area contributed by atoms with Gasteiger partial charge in [-0.05, 0) is 24.9 Å². The molecule has 0 aliphatic heterocycles. The van der Waals surface area contributed by atoms with Crippen LogP contribution in [0.25, 0.3) is 0 Å². The Hall–Kier alpha value is -1.59. The number of halogens is 1. The van der Waals surface area contributed by atoms with Crippen molar-refractivity contribution in [2.24, 2.45) is 5.92 Å². The predicted octanol–water partition coefficient (Wildman–Crippen LogP) is 2.43. The van der Waals surface area contributed by atoms with Crippen molar-refractivity contribution in [2.45, 2.75) is 46.2 Å². The van der Waals surface area contributed by atoms with Crippen molar-refractivity contribution in [3.05, 3.63) is 35.9 Å². The van der Waals surface area contributed by atoms with Crippen LogP contribution in [0.15, 0.2) is 30.3 Å². The van der Waals surface area contributed by atoms with Gasteiger partial charge in [-0.1, -0.05) is 51.1 Å². The van der Waals surface area contributed by atoms with Crippen LogP contribution >= 0.6 is 12.4 Å². The fourth-order valence-corrected chi connectivity index (χ4v) is 2.31. The normalized spacial score (nSPS) is 12.9. The average molecular weight is 356 g/mol. The summed E-state index contributed by atoms with van der Waals surface area (Å²) in [4.78, 5) is 24.6. The molecule has 0 spiro atoms. The molecule has 24 heavy (non-hydrogen) atoms. The number of likely N-dealkylation sites (N-methyl/N-ethyl adjacent to an activating group) is 1. The second kappa shape index (κ2) is 11.9. The zero-order valence-corrected chi connectivity index (χ0v) is 15.8. The van der Waals surface area contributed by atoms with Gasteiger partial charge in [-0.25, -0.2) is 0 Å². The van der Waals surface area contributed by atoms with Gasteiger partial charge in [-0.2, -0.15) is 0 Å². The number of benzene rings is 1. The summed E-state index contributed by atoms with van der Waals surface area (Å²) in [6.45, 7) is 9.38. The van der Waals surface area contributed by atoms with Crippen LogP contribution in [0, 0.1) is 5.92 Å². The van der Waals surface area contributed by atoms with Gasteiger partial charge in [0.1, 0.15) is 6.04 Å². The lowest BCUT2D eigenvalue weighted by molar-refractivity contribution is -0.129. The second-order valence-electron chi connectivity index (χ2n) is 6.21. The summed E-state index contributed by atoms with van der Waals surface area (Å²) in [5, 5.41) is 9.00. The minimum absolute atomic E-state index is 0. The molecule has 0 radical (unpaired) electrons. The lowest BCUT2D eigenvalue weighted by atomic mass is 10.0. The van der Waals surface area contributed by atoms with Crippen LogP contribution in [0.4, 0.5) is 0 Å². The molecule has 0 saturated heterocycles. The summed E-state index contributed by atoms with van der Waals surface area (Å²) >= 11 is 0. The Balaban J connectivity index is 0.00000529.